The van der Waals surface area contributed by atoms with Gasteiger partial charge in [-0.3, -0.25) is 4.99 Å². The van der Waals surface area contributed by atoms with Gasteiger partial charge in [0.25, 0.3) is 0 Å². The summed E-state index contributed by atoms with van der Waals surface area (Å²) in [5.74, 6) is 0. The Labute approximate surface area is 99.9 Å². The first-order chi connectivity index (χ1) is 7.75. The highest BCUT2D eigenvalue weighted by atomic mass is 32.1. The lowest BCUT2D eigenvalue weighted by atomic mass is 10.3. The Balaban J connectivity index is 2.11. The molecule has 0 fully saturated rings. The summed E-state index contributed by atoms with van der Waals surface area (Å²) >= 11 is 1.69. The van der Waals surface area contributed by atoms with Gasteiger partial charge < -0.3 is 4.90 Å². The molecule has 16 heavy (non-hydrogen) atoms. The van der Waals surface area contributed by atoms with Crippen LogP contribution in [0.3, 0.4) is 0 Å². The average Bonchev–Trinajstić information content (AvgIpc) is 2.80. The fraction of sp³-hybridized carbons (Fsp3) is 0.154. The van der Waals surface area contributed by atoms with Crippen molar-refractivity contribution in [2.75, 3.05) is 19.0 Å². The molecule has 0 atom stereocenters. The molecule has 2 nitrogen and oxygen atoms in total. The van der Waals surface area contributed by atoms with Crippen molar-refractivity contribution in [2.24, 2.45) is 4.99 Å². The van der Waals surface area contributed by atoms with E-state index in [-0.39, 0.29) is 0 Å². The number of thiophene rings is 1. The topological polar surface area (TPSA) is 15.6 Å². The molecule has 1 heterocycles. The van der Waals surface area contributed by atoms with E-state index in [1.54, 1.807) is 11.3 Å². The molecule has 82 valence electrons. The van der Waals surface area contributed by atoms with Gasteiger partial charge >= 0.3 is 0 Å². The predicted octanol–water partition coefficient (Wildman–Crippen LogP) is 3.56. The van der Waals surface area contributed by atoms with Gasteiger partial charge in [-0.2, -0.15) is 0 Å². The minimum Gasteiger partial charge on any atom is -0.378 e. The number of nitrogens with zero attached hydrogens (tertiary/aromatic N) is 2. The van der Waals surface area contributed by atoms with Gasteiger partial charge in [-0.15, -0.1) is 11.3 Å². The minimum atomic E-state index is 0.985. The van der Waals surface area contributed by atoms with Crippen LogP contribution in [0.15, 0.2) is 46.8 Å². The van der Waals surface area contributed by atoms with E-state index in [1.165, 1.54) is 10.6 Å². The smallest absolute Gasteiger partial charge is 0.0631 e. The lowest BCUT2D eigenvalue weighted by Gasteiger charge is -2.11. The highest BCUT2D eigenvalue weighted by molar-refractivity contribution is 7.11. The van der Waals surface area contributed by atoms with Gasteiger partial charge in [0, 0.05) is 30.9 Å². The Morgan fingerprint density at radius 1 is 1.12 bits per heavy atom. The number of hydrogen-bond acceptors (Lipinski definition) is 3. The number of hydrogen-bond donors (Lipinski definition) is 0. The SMILES string of the molecule is CN(C)c1ccc(N=Cc2cccs2)cc1. The molecule has 0 amide bonds. The standard InChI is InChI=1S/C13H14N2S/c1-15(2)12-7-5-11(6-8-12)14-10-13-4-3-9-16-13/h3-10H,1-2H3. The van der Waals surface area contributed by atoms with Crippen molar-refractivity contribution in [3.05, 3.63) is 46.7 Å². The lowest BCUT2D eigenvalue weighted by molar-refractivity contribution is 1.13. The molecular weight excluding hydrogens is 216 g/mol. The molecule has 0 aliphatic carbocycles. The van der Waals surface area contributed by atoms with Crippen LogP contribution in [0.4, 0.5) is 11.4 Å². The molecule has 2 rings (SSSR count). The molecule has 3 heteroatoms. The lowest BCUT2D eigenvalue weighted by Crippen LogP contribution is -2.07. The summed E-state index contributed by atoms with van der Waals surface area (Å²) < 4.78 is 0. The molecule has 0 bridgehead atoms. The Bertz CT molecular complexity index is 455. The Kier molecular flexibility index (Phi) is 3.37. The van der Waals surface area contributed by atoms with Crippen molar-refractivity contribution < 1.29 is 0 Å². The Morgan fingerprint density at radius 2 is 1.88 bits per heavy atom. The van der Waals surface area contributed by atoms with E-state index in [0.29, 0.717) is 0 Å². The van der Waals surface area contributed by atoms with E-state index in [4.69, 9.17) is 0 Å². The summed E-state index contributed by atoms with van der Waals surface area (Å²) in [7, 11) is 4.06. The highest BCUT2D eigenvalue weighted by Gasteiger charge is 1.94. The number of rotatable bonds is 3. The molecule has 0 spiro atoms. The van der Waals surface area contributed by atoms with Crippen molar-refractivity contribution >= 4 is 28.9 Å². The van der Waals surface area contributed by atoms with Crippen LogP contribution in [0.25, 0.3) is 0 Å². The van der Waals surface area contributed by atoms with Crippen LogP contribution >= 0.6 is 11.3 Å². The third-order valence-corrected chi connectivity index (χ3v) is 3.06. The quantitative estimate of drug-likeness (QED) is 0.736. The summed E-state index contributed by atoms with van der Waals surface area (Å²) in [6, 6.07) is 12.3. The minimum absolute atomic E-state index is 0.985. The molecule has 0 aliphatic heterocycles. The van der Waals surface area contributed by atoms with Crippen LogP contribution in [-0.4, -0.2) is 20.3 Å². The molecule has 0 saturated heterocycles. The number of aliphatic imine (C=N–C) groups is 1. The molecule has 1 aromatic carbocycles. The van der Waals surface area contributed by atoms with Crippen LogP contribution in [0.1, 0.15) is 4.88 Å². The van der Waals surface area contributed by atoms with E-state index in [9.17, 15) is 0 Å². The summed E-state index contributed by atoms with van der Waals surface area (Å²) in [5, 5.41) is 2.05. The molecular formula is C13H14N2S. The average molecular weight is 230 g/mol. The second-order valence-electron chi connectivity index (χ2n) is 3.68. The predicted molar refractivity (Wildman–Crippen MR) is 72.3 cm³/mol. The van der Waals surface area contributed by atoms with E-state index in [2.05, 4.69) is 33.5 Å². The maximum Gasteiger partial charge on any atom is 0.0631 e. The van der Waals surface area contributed by atoms with Crippen molar-refractivity contribution in [3.8, 4) is 0 Å². The van der Waals surface area contributed by atoms with Crippen molar-refractivity contribution in [1.29, 1.82) is 0 Å². The zero-order chi connectivity index (χ0) is 11.4. The molecule has 0 unspecified atom stereocenters. The molecule has 2 aromatic rings. The molecule has 0 saturated carbocycles. The van der Waals surface area contributed by atoms with Gasteiger partial charge in [0.1, 0.15) is 0 Å². The molecule has 1 aromatic heterocycles. The highest BCUT2D eigenvalue weighted by Crippen LogP contribution is 2.18. The van der Waals surface area contributed by atoms with Gasteiger partial charge in [0.2, 0.25) is 0 Å². The van der Waals surface area contributed by atoms with E-state index < -0.39 is 0 Å². The van der Waals surface area contributed by atoms with Crippen LogP contribution < -0.4 is 4.90 Å². The zero-order valence-corrected chi connectivity index (χ0v) is 10.2. The fourth-order valence-electron chi connectivity index (χ4n) is 1.34. The Hall–Kier alpha value is -1.61. The maximum absolute atomic E-state index is 4.42. The molecule has 0 aliphatic rings. The van der Waals surface area contributed by atoms with E-state index >= 15 is 0 Å². The van der Waals surface area contributed by atoms with Crippen LogP contribution in [-0.2, 0) is 0 Å². The largest absolute Gasteiger partial charge is 0.378 e. The fourth-order valence-corrected chi connectivity index (χ4v) is 1.92. The summed E-state index contributed by atoms with van der Waals surface area (Å²) in [6.45, 7) is 0. The van der Waals surface area contributed by atoms with Crippen molar-refractivity contribution in [3.63, 3.8) is 0 Å². The Morgan fingerprint density at radius 3 is 2.44 bits per heavy atom. The number of benzene rings is 1. The van der Waals surface area contributed by atoms with E-state index in [0.717, 1.165) is 5.69 Å². The van der Waals surface area contributed by atoms with Crippen molar-refractivity contribution in [1.82, 2.24) is 0 Å². The first-order valence-corrected chi connectivity index (χ1v) is 5.98. The van der Waals surface area contributed by atoms with Crippen LogP contribution in [0, 0.1) is 0 Å². The van der Waals surface area contributed by atoms with Crippen LogP contribution in [0.5, 0.6) is 0 Å². The third-order valence-electron chi connectivity index (χ3n) is 2.25. The van der Waals surface area contributed by atoms with Gasteiger partial charge in [0.05, 0.1) is 5.69 Å². The molecule has 0 N–H and O–H groups in total. The zero-order valence-electron chi connectivity index (χ0n) is 9.42. The summed E-state index contributed by atoms with van der Waals surface area (Å²) in [6.07, 6.45) is 1.90. The first kappa shape index (κ1) is 10.9. The summed E-state index contributed by atoms with van der Waals surface area (Å²) in [5.41, 5.74) is 2.18. The van der Waals surface area contributed by atoms with Gasteiger partial charge in [-0.05, 0) is 35.7 Å². The second-order valence-corrected chi connectivity index (χ2v) is 4.66. The normalized spacial score (nSPS) is 10.9. The summed E-state index contributed by atoms with van der Waals surface area (Å²) in [4.78, 5) is 7.67. The van der Waals surface area contributed by atoms with Gasteiger partial charge in [-0.1, -0.05) is 6.07 Å². The third kappa shape index (κ3) is 2.70. The maximum atomic E-state index is 4.42. The second kappa shape index (κ2) is 4.94. The van der Waals surface area contributed by atoms with Crippen LogP contribution in [0.2, 0.25) is 0 Å². The van der Waals surface area contributed by atoms with Crippen molar-refractivity contribution in [2.45, 2.75) is 0 Å². The first-order valence-electron chi connectivity index (χ1n) is 5.11. The van der Waals surface area contributed by atoms with Gasteiger partial charge in [-0.25, -0.2) is 0 Å². The van der Waals surface area contributed by atoms with Gasteiger partial charge in [0.15, 0.2) is 0 Å². The molecule has 0 radical (unpaired) electrons. The monoisotopic (exact) mass is 230 g/mol. The number of anilines is 1. The van der Waals surface area contributed by atoms with E-state index in [1.807, 2.05) is 38.5 Å².